The van der Waals surface area contributed by atoms with E-state index in [4.69, 9.17) is 15.6 Å². The molecule has 4 heterocycles. The van der Waals surface area contributed by atoms with E-state index in [9.17, 15) is 23.6 Å². The largest absolute Gasteiger partial charge is 0.496 e. The maximum Gasteiger partial charge on any atom is 0.255 e. The highest BCUT2D eigenvalue weighted by Gasteiger charge is 2.39. The molecule has 1 aliphatic carbocycles. The van der Waals surface area contributed by atoms with Gasteiger partial charge >= 0.3 is 0 Å². The molecule has 16 nitrogen and oxygen atoms in total. The number of nitrogens with zero attached hydrogens (tertiary/aromatic N) is 6. The predicted molar refractivity (Wildman–Crippen MR) is 227 cm³/mol. The van der Waals surface area contributed by atoms with E-state index in [0.717, 1.165) is 60.8 Å². The molecule has 0 spiro atoms. The lowest BCUT2D eigenvalue weighted by atomic mass is 9.85. The Morgan fingerprint density at radius 1 is 1.07 bits per heavy atom. The minimum atomic E-state index is -0.628. The molecular weight excluding hydrogens is 782 g/mol. The molecule has 0 radical (unpaired) electrons. The van der Waals surface area contributed by atoms with E-state index in [1.165, 1.54) is 25.6 Å². The summed E-state index contributed by atoms with van der Waals surface area (Å²) in [4.78, 5) is 62.7. The number of nitrogen functional groups attached to an aromatic ring is 1. The van der Waals surface area contributed by atoms with Crippen molar-refractivity contribution in [2.75, 3.05) is 44.8 Å². The molecule has 3 aromatic carbocycles. The molecule has 1 saturated heterocycles. The molecular formula is C44H50FN11O5. The Labute approximate surface area is 352 Å². The third kappa shape index (κ3) is 8.61. The summed E-state index contributed by atoms with van der Waals surface area (Å²) >= 11 is 0. The first-order valence-corrected chi connectivity index (χ1v) is 20.7. The van der Waals surface area contributed by atoms with Crippen molar-refractivity contribution < 1.29 is 28.3 Å². The van der Waals surface area contributed by atoms with Crippen LogP contribution in [0.3, 0.4) is 0 Å². The van der Waals surface area contributed by atoms with Crippen LogP contribution in [-0.4, -0.2) is 105 Å². The van der Waals surface area contributed by atoms with Crippen LogP contribution in [0, 0.1) is 5.82 Å². The zero-order valence-corrected chi connectivity index (χ0v) is 34.4. The highest BCUT2D eigenvalue weighted by Crippen LogP contribution is 2.34. The van der Waals surface area contributed by atoms with Gasteiger partial charge in [0.25, 0.3) is 11.8 Å². The van der Waals surface area contributed by atoms with Crippen LogP contribution in [0.5, 0.6) is 5.75 Å². The van der Waals surface area contributed by atoms with E-state index in [-0.39, 0.29) is 36.4 Å². The number of likely N-dealkylation sites (N-methyl/N-ethyl adjacent to an activating group) is 1. The molecule has 17 heteroatoms. The van der Waals surface area contributed by atoms with Gasteiger partial charge in [0.05, 0.1) is 24.1 Å². The van der Waals surface area contributed by atoms with Crippen LogP contribution in [0.4, 0.5) is 15.9 Å². The standard InChI is InChI=1S/C44H50FN11O5/c1-4-31(23-54(2)32-19-30(20-32)48-16-15-47-29-10-11-33-27(17-29)22-55(44(33)60)35-12-14-37(57)52-43(35)59)56-41-38(40(46)50-24-51-41)39(53-56)26-7-5-25(6-8-26)21-49-42(58)34-18-28(45)9-13-36(34)61-3/h5-11,13,17-18,24,30-32,35,47-48H,4,12,14-16,19-23H2,1-3H3,(H,49,58)(H2,46,50,51)(H,52,57,59)/t30?,31?,32?,35-/m0/s1. The quantitative estimate of drug-likeness (QED) is 0.0708. The number of aromatic nitrogens is 4. The van der Waals surface area contributed by atoms with E-state index in [1.54, 1.807) is 4.90 Å². The summed E-state index contributed by atoms with van der Waals surface area (Å²) in [6.45, 7) is 4.98. The molecule has 0 bridgehead atoms. The summed E-state index contributed by atoms with van der Waals surface area (Å²) in [5.41, 5.74) is 12.0. The number of hydrogen-bond donors (Lipinski definition) is 5. The number of ether oxygens (including phenoxy) is 1. The van der Waals surface area contributed by atoms with Crippen LogP contribution in [0.2, 0.25) is 0 Å². The second-order valence-corrected chi connectivity index (χ2v) is 16.0. The Hall–Kier alpha value is -6.46. The number of hydrogen-bond acceptors (Lipinski definition) is 12. The molecule has 2 fully saturated rings. The molecule has 2 atom stereocenters. The number of halogens is 1. The minimum absolute atomic E-state index is 0.0276. The van der Waals surface area contributed by atoms with Crippen LogP contribution in [0.15, 0.2) is 67.0 Å². The van der Waals surface area contributed by atoms with Gasteiger partial charge in [-0.25, -0.2) is 19.0 Å². The van der Waals surface area contributed by atoms with Gasteiger partial charge in [-0.1, -0.05) is 31.2 Å². The number of imide groups is 1. The van der Waals surface area contributed by atoms with Gasteiger partial charge in [0.2, 0.25) is 11.8 Å². The van der Waals surface area contributed by atoms with Gasteiger partial charge in [-0.15, -0.1) is 0 Å². The van der Waals surface area contributed by atoms with Crippen LogP contribution >= 0.6 is 0 Å². The summed E-state index contributed by atoms with van der Waals surface area (Å²) in [5, 5.41) is 18.1. The molecule has 1 unspecified atom stereocenters. The Bertz CT molecular complexity index is 2470. The lowest BCUT2D eigenvalue weighted by Crippen LogP contribution is -2.53. The molecule has 5 aromatic rings. The second-order valence-electron chi connectivity index (χ2n) is 16.0. The van der Waals surface area contributed by atoms with Gasteiger partial charge in [-0.05, 0) is 80.3 Å². The first-order chi connectivity index (χ1) is 29.5. The average molecular weight is 832 g/mol. The molecule has 6 N–H and O–H groups in total. The number of amides is 4. The number of piperidine rings is 1. The summed E-state index contributed by atoms with van der Waals surface area (Å²) in [6, 6.07) is 17.4. The first kappa shape index (κ1) is 41.3. The van der Waals surface area contributed by atoms with Crippen molar-refractivity contribution in [3.05, 3.63) is 95.1 Å². The maximum absolute atomic E-state index is 13.8. The average Bonchev–Trinajstić information content (AvgIpc) is 3.79. The Balaban J connectivity index is 0.827. The number of carbonyl (C=O) groups is 4. The topological polar surface area (TPSA) is 202 Å². The number of methoxy groups -OCH3 is 1. The number of nitrogens with one attached hydrogen (secondary N) is 4. The molecule has 318 valence electrons. The summed E-state index contributed by atoms with van der Waals surface area (Å²) < 4.78 is 21.0. The fourth-order valence-corrected chi connectivity index (χ4v) is 8.51. The minimum Gasteiger partial charge on any atom is -0.496 e. The van der Waals surface area contributed by atoms with Crippen molar-refractivity contribution in [3.63, 3.8) is 0 Å². The van der Waals surface area contributed by atoms with Gasteiger partial charge in [-0.3, -0.25) is 24.5 Å². The molecule has 8 rings (SSSR count). The van der Waals surface area contributed by atoms with Gasteiger partial charge in [0.1, 0.15) is 35.4 Å². The van der Waals surface area contributed by atoms with Gasteiger partial charge in [-0.2, -0.15) is 5.10 Å². The summed E-state index contributed by atoms with van der Waals surface area (Å²) in [5.74, 6) is -1.21. The first-order valence-electron chi connectivity index (χ1n) is 20.7. The number of benzene rings is 3. The Kier molecular flexibility index (Phi) is 11.9. The van der Waals surface area contributed by atoms with Crippen LogP contribution in [0.1, 0.15) is 76.9 Å². The van der Waals surface area contributed by atoms with Crippen LogP contribution < -0.4 is 31.7 Å². The zero-order chi connectivity index (χ0) is 42.8. The third-order valence-corrected chi connectivity index (χ3v) is 12.1. The fourth-order valence-electron chi connectivity index (χ4n) is 8.51. The van der Waals surface area contributed by atoms with Crippen molar-refractivity contribution in [2.24, 2.45) is 0 Å². The second kappa shape index (κ2) is 17.6. The number of nitrogens with two attached hydrogens (primary N) is 1. The molecule has 2 aliphatic heterocycles. The van der Waals surface area contributed by atoms with Crippen molar-refractivity contribution in [1.82, 2.24) is 45.5 Å². The monoisotopic (exact) mass is 831 g/mol. The van der Waals surface area contributed by atoms with Crippen LogP contribution in [-0.2, 0) is 22.7 Å². The van der Waals surface area contributed by atoms with E-state index in [0.29, 0.717) is 65.5 Å². The third-order valence-electron chi connectivity index (χ3n) is 12.1. The fraction of sp³-hybridized carbons (Fsp3) is 0.386. The zero-order valence-electron chi connectivity index (χ0n) is 34.4. The SMILES string of the molecule is CCC(CN(C)C1CC(NCCNc2ccc3c(c2)CN([C@H]2CCC(=O)NC2=O)C3=O)C1)n1nc(-c2ccc(CNC(=O)c3cc(F)ccc3OC)cc2)c2c(N)ncnc21. The molecule has 3 aliphatic rings. The summed E-state index contributed by atoms with van der Waals surface area (Å²) in [6.07, 6.45) is 4.90. The number of carbonyl (C=O) groups excluding carboxylic acids is 4. The van der Waals surface area contributed by atoms with Gasteiger partial charge < -0.3 is 36.2 Å². The van der Waals surface area contributed by atoms with E-state index in [2.05, 4.69) is 50.1 Å². The van der Waals surface area contributed by atoms with Crippen LogP contribution in [0.25, 0.3) is 22.3 Å². The lowest BCUT2D eigenvalue weighted by Gasteiger charge is -2.42. The smallest absolute Gasteiger partial charge is 0.255 e. The van der Waals surface area contributed by atoms with Crippen molar-refractivity contribution in [2.45, 2.75) is 76.3 Å². The maximum atomic E-state index is 13.8. The molecule has 4 amide bonds. The van der Waals surface area contributed by atoms with E-state index in [1.807, 2.05) is 47.1 Å². The Morgan fingerprint density at radius 2 is 1.87 bits per heavy atom. The summed E-state index contributed by atoms with van der Waals surface area (Å²) in [7, 11) is 3.59. The highest BCUT2D eigenvalue weighted by atomic mass is 19.1. The number of anilines is 2. The predicted octanol–water partition coefficient (Wildman–Crippen LogP) is 4.03. The molecule has 61 heavy (non-hydrogen) atoms. The molecule has 2 aromatic heterocycles. The van der Waals surface area contributed by atoms with E-state index >= 15 is 0 Å². The highest BCUT2D eigenvalue weighted by molar-refractivity contribution is 6.05. The van der Waals surface area contributed by atoms with E-state index < -0.39 is 23.7 Å². The number of fused-ring (bicyclic) bond motifs is 2. The van der Waals surface area contributed by atoms with Crippen molar-refractivity contribution >= 4 is 46.2 Å². The van der Waals surface area contributed by atoms with Gasteiger partial charge in [0.15, 0.2) is 5.65 Å². The van der Waals surface area contributed by atoms with Crippen molar-refractivity contribution in [3.8, 4) is 17.0 Å². The lowest BCUT2D eigenvalue weighted by molar-refractivity contribution is -0.136. The number of rotatable bonds is 16. The molecule has 1 saturated carbocycles. The van der Waals surface area contributed by atoms with Crippen molar-refractivity contribution in [1.29, 1.82) is 0 Å². The Morgan fingerprint density at radius 3 is 2.62 bits per heavy atom. The normalized spacial score (nSPS) is 19.1. The van der Waals surface area contributed by atoms with Gasteiger partial charge in [0, 0.05) is 68.0 Å².